The van der Waals surface area contributed by atoms with E-state index in [-0.39, 0.29) is 5.91 Å². The minimum atomic E-state index is -0.707. The molecule has 2 unspecified atom stereocenters. The fourth-order valence-corrected chi connectivity index (χ4v) is 4.72. The Hall–Kier alpha value is -2.65. The zero-order chi connectivity index (χ0) is 23.8. The van der Waals surface area contributed by atoms with E-state index in [9.17, 15) is 9.90 Å². The van der Waals surface area contributed by atoms with Gasteiger partial charge in [0.1, 0.15) is 0 Å². The highest BCUT2D eigenvalue weighted by atomic mass is 16.5. The van der Waals surface area contributed by atoms with Crippen LogP contribution in [0.4, 0.5) is 5.69 Å². The molecule has 0 radical (unpaired) electrons. The number of nitrogens with one attached hydrogen (secondary N) is 2. The summed E-state index contributed by atoms with van der Waals surface area (Å²) in [6.07, 6.45) is 12.8. The van der Waals surface area contributed by atoms with Gasteiger partial charge < -0.3 is 20.1 Å². The molecule has 2 atom stereocenters. The first-order valence-corrected chi connectivity index (χ1v) is 12.3. The number of ether oxygens (including phenoxy) is 1. The van der Waals surface area contributed by atoms with Gasteiger partial charge in [-0.05, 0) is 66.5 Å². The first-order chi connectivity index (χ1) is 16.7. The fourth-order valence-electron chi connectivity index (χ4n) is 4.72. The molecule has 8 nitrogen and oxygen atoms in total. The predicted octanol–water partition coefficient (Wildman–Crippen LogP) is 2.76. The molecular weight excluding hydrogens is 432 g/mol. The molecule has 1 fully saturated rings. The number of nitrogens with zero attached hydrogens (tertiary/aromatic N) is 2. The van der Waals surface area contributed by atoms with E-state index in [1.54, 1.807) is 5.48 Å². The molecule has 0 saturated carbocycles. The standard InChI is InChI=1S/C26H36N4O4/c31-25(28-33)5-3-1-2-4-14-30(26(32)29-15-17-34-18-16-29)23-9-6-20(7-10-23)21-8-11-24-22(19-21)12-13-27-24/h6-10,12-13,19,24,26-27,32-33H,1-5,11,14-18H2,(H,28,31). The van der Waals surface area contributed by atoms with E-state index >= 15 is 0 Å². The van der Waals surface area contributed by atoms with Crippen LogP contribution in [0.1, 0.15) is 44.1 Å². The minimum Gasteiger partial charge on any atom is -0.384 e. The van der Waals surface area contributed by atoms with Crippen molar-refractivity contribution in [2.24, 2.45) is 0 Å². The molecule has 2 aliphatic heterocycles. The van der Waals surface area contributed by atoms with Crippen molar-refractivity contribution in [1.82, 2.24) is 15.7 Å². The molecule has 4 N–H and O–H groups in total. The van der Waals surface area contributed by atoms with Gasteiger partial charge in [0, 0.05) is 31.7 Å². The molecule has 1 saturated heterocycles. The van der Waals surface area contributed by atoms with Gasteiger partial charge in [0.25, 0.3) is 0 Å². The van der Waals surface area contributed by atoms with E-state index < -0.39 is 6.35 Å². The summed E-state index contributed by atoms with van der Waals surface area (Å²) in [5.74, 6) is -0.344. The van der Waals surface area contributed by atoms with Gasteiger partial charge in [-0.15, -0.1) is 0 Å². The van der Waals surface area contributed by atoms with Crippen LogP contribution < -0.4 is 15.7 Å². The summed E-state index contributed by atoms with van der Waals surface area (Å²) in [5.41, 5.74) is 6.40. The molecule has 34 heavy (non-hydrogen) atoms. The molecule has 0 aromatic heterocycles. The highest BCUT2D eigenvalue weighted by molar-refractivity contribution is 5.78. The van der Waals surface area contributed by atoms with Gasteiger partial charge in [0.05, 0.1) is 19.3 Å². The van der Waals surface area contributed by atoms with E-state index in [2.05, 4.69) is 57.6 Å². The van der Waals surface area contributed by atoms with Crippen LogP contribution in [-0.4, -0.2) is 66.4 Å². The second kappa shape index (κ2) is 12.2. The maximum Gasteiger partial charge on any atom is 0.243 e. The van der Waals surface area contributed by atoms with E-state index in [0.717, 1.165) is 44.3 Å². The van der Waals surface area contributed by atoms with Crippen LogP contribution in [0, 0.1) is 0 Å². The van der Waals surface area contributed by atoms with Gasteiger partial charge in [-0.25, -0.2) is 5.48 Å². The number of rotatable bonds is 11. The molecule has 2 heterocycles. The molecule has 1 aromatic rings. The third-order valence-corrected chi connectivity index (χ3v) is 6.73. The molecule has 8 heteroatoms. The first kappa shape index (κ1) is 24.5. The molecule has 0 spiro atoms. The lowest BCUT2D eigenvalue weighted by Crippen LogP contribution is -2.53. The highest BCUT2D eigenvalue weighted by Gasteiger charge is 2.25. The van der Waals surface area contributed by atoms with Crippen LogP contribution in [-0.2, 0) is 9.53 Å². The van der Waals surface area contributed by atoms with Crippen molar-refractivity contribution in [3.05, 3.63) is 59.8 Å². The summed E-state index contributed by atoms with van der Waals surface area (Å²) in [6.45, 7) is 3.38. The topological polar surface area (TPSA) is 97.3 Å². The second-order valence-electron chi connectivity index (χ2n) is 9.03. The Morgan fingerprint density at radius 3 is 2.71 bits per heavy atom. The number of amides is 1. The zero-order valence-corrected chi connectivity index (χ0v) is 19.7. The number of fused-ring (bicyclic) bond motifs is 1. The van der Waals surface area contributed by atoms with Crippen molar-refractivity contribution in [3.8, 4) is 0 Å². The predicted molar refractivity (Wildman–Crippen MR) is 132 cm³/mol. The summed E-state index contributed by atoms with van der Waals surface area (Å²) < 4.78 is 5.46. The molecule has 184 valence electrons. The summed E-state index contributed by atoms with van der Waals surface area (Å²) >= 11 is 0. The van der Waals surface area contributed by atoms with Crippen LogP contribution >= 0.6 is 0 Å². The van der Waals surface area contributed by atoms with Gasteiger partial charge in [-0.2, -0.15) is 0 Å². The number of aliphatic hydroxyl groups excluding tert-OH is 1. The largest absolute Gasteiger partial charge is 0.384 e. The Balaban J connectivity index is 1.40. The minimum absolute atomic E-state index is 0.330. The number of anilines is 1. The Kier molecular flexibility index (Phi) is 8.76. The summed E-state index contributed by atoms with van der Waals surface area (Å²) in [4.78, 5) is 15.3. The lowest BCUT2D eigenvalue weighted by molar-refractivity contribution is -0.129. The van der Waals surface area contributed by atoms with Crippen molar-refractivity contribution in [1.29, 1.82) is 0 Å². The summed E-state index contributed by atoms with van der Waals surface area (Å²) in [7, 11) is 0. The number of carbonyl (C=O) groups is 1. The van der Waals surface area contributed by atoms with Gasteiger partial charge in [-0.3, -0.25) is 14.9 Å². The van der Waals surface area contributed by atoms with Crippen molar-refractivity contribution in [3.63, 3.8) is 0 Å². The first-order valence-electron chi connectivity index (χ1n) is 12.3. The molecular formula is C26H36N4O4. The van der Waals surface area contributed by atoms with E-state index in [4.69, 9.17) is 9.94 Å². The van der Waals surface area contributed by atoms with Crippen molar-refractivity contribution in [2.75, 3.05) is 37.7 Å². The normalized spacial score (nSPS) is 20.7. The fraction of sp³-hybridized carbons (Fsp3) is 0.500. The SMILES string of the molecule is O=C(CCCCCCN(c1ccc(C2=CCC3NC=CC3=C2)cc1)C(O)N1CCOCC1)NO. The number of hydroxylamine groups is 1. The molecule has 3 aliphatic rings. The molecule has 1 aromatic carbocycles. The third-order valence-electron chi connectivity index (χ3n) is 6.73. The number of unbranched alkanes of at least 4 members (excludes halogenated alkanes) is 3. The van der Waals surface area contributed by atoms with Gasteiger partial charge in [0.2, 0.25) is 5.91 Å². The van der Waals surface area contributed by atoms with Crippen LogP contribution in [0.15, 0.2) is 54.3 Å². The summed E-state index contributed by atoms with van der Waals surface area (Å²) in [6, 6.07) is 8.87. The van der Waals surface area contributed by atoms with E-state index in [1.165, 1.54) is 16.7 Å². The van der Waals surface area contributed by atoms with E-state index in [1.807, 2.05) is 6.20 Å². The van der Waals surface area contributed by atoms with Crippen LogP contribution in [0.2, 0.25) is 0 Å². The van der Waals surface area contributed by atoms with Gasteiger partial charge in [-0.1, -0.05) is 31.1 Å². The monoisotopic (exact) mass is 468 g/mol. The lowest BCUT2D eigenvalue weighted by Gasteiger charge is -2.39. The van der Waals surface area contributed by atoms with Crippen LogP contribution in [0.25, 0.3) is 5.57 Å². The van der Waals surface area contributed by atoms with Crippen LogP contribution in [0.5, 0.6) is 0 Å². The maximum absolute atomic E-state index is 11.2. The van der Waals surface area contributed by atoms with Gasteiger partial charge >= 0.3 is 0 Å². The quantitative estimate of drug-likeness (QED) is 0.172. The molecule has 1 aliphatic carbocycles. The Bertz CT molecular complexity index is 906. The number of morpholine rings is 1. The number of aliphatic hydroxyl groups is 1. The van der Waals surface area contributed by atoms with Crippen LogP contribution in [0.3, 0.4) is 0 Å². The lowest BCUT2D eigenvalue weighted by atomic mass is 9.92. The Morgan fingerprint density at radius 2 is 1.94 bits per heavy atom. The van der Waals surface area contributed by atoms with Crippen molar-refractivity contribution in [2.45, 2.75) is 50.9 Å². The number of carbonyl (C=O) groups excluding carboxylic acids is 1. The number of benzene rings is 1. The third kappa shape index (κ3) is 6.27. The van der Waals surface area contributed by atoms with Crippen molar-refractivity contribution < 1.29 is 19.8 Å². The molecule has 1 amide bonds. The highest BCUT2D eigenvalue weighted by Crippen LogP contribution is 2.30. The number of hydrogen-bond acceptors (Lipinski definition) is 7. The number of allylic oxidation sites excluding steroid dienone is 2. The van der Waals surface area contributed by atoms with Gasteiger partial charge in [0.15, 0.2) is 6.35 Å². The molecule has 0 bridgehead atoms. The second-order valence-corrected chi connectivity index (χ2v) is 9.03. The maximum atomic E-state index is 11.2. The zero-order valence-electron chi connectivity index (χ0n) is 19.7. The smallest absolute Gasteiger partial charge is 0.243 e. The Morgan fingerprint density at radius 1 is 1.18 bits per heavy atom. The average Bonchev–Trinajstić information content (AvgIpc) is 3.36. The number of hydrogen-bond donors (Lipinski definition) is 4. The van der Waals surface area contributed by atoms with Crippen molar-refractivity contribution >= 4 is 17.2 Å². The Labute approximate surface area is 201 Å². The molecule has 4 rings (SSSR count). The summed E-state index contributed by atoms with van der Waals surface area (Å²) in [5, 5.41) is 23.2. The van der Waals surface area contributed by atoms with E-state index in [0.29, 0.717) is 38.8 Å². The average molecular weight is 469 g/mol.